The number of nitrogens with zero attached hydrogens (tertiary/aromatic N) is 4. The molecule has 0 radical (unpaired) electrons. The van der Waals surface area contributed by atoms with Crippen LogP contribution in [0.3, 0.4) is 0 Å². The molecule has 0 saturated carbocycles. The van der Waals surface area contributed by atoms with Gasteiger partial charge in [0.25, 0.3) is 0 Å². The maximum atomic E-state index is 12.6. The molecule has 3 aromatic rings. The van der Waals surface area contributed by atoms with Crippen LogP contribution in [0.5, 0.6) is 5.75 Å². The topological polar surface area (TPSA) is 58.6 Å². The van der Waals surface area contributed by atoms with Gasteiger partial charge in [-0.1, -0.05) is 41.9 Å². The molecule has 1 aliphatic heterocycles. The summed E-state index contributed by atoms with van der Waals surface area (Å²) >= 11 is 6.25. The number of benzene rings is 2. The van der Waals surface area contributed by atoms with Crippen LogP contribution < -0.4 is 9.64 Å². The molecular weight excluding hydrogens is 412 g/mol. The first-order valence-corrected chi connectivity index (χ1v) is 10.8. The van der Waals surface area contributed by atoms with Gasteiger partial charge in [0.1, 0.15) is 5.75 Å². The zero-order chi connectivity index (χ0) is 21.6. The van der Waals surface area contributed by atoms with Crippen molar-refractivity contribution < 1.29 is 9.53 Å². The Bertz CT molecular complexity index is 1020. The lowest BCUT2D eigenvalue weighted by Gasteiger charge is -2.35. The molecule has 160 valence electrons. The van der Waals surface area contributed by atoms with Crippen molar-refractivity contribution in [3.63, 3.8) is 0 Å². The van der Waals surface area contributed by atoms with Crippen molar-refractivity contribution in [1.29, 1.82) is 0 Å². The highest BCUT2D eigenvalue weighted by Crippen LogP contribution is 2.26. The van der Waals surface area contributed by atoms with E-state index in [1.807, 2.05) is 65.6 Å². The van der Waals surface area contributed by atoms with E-state index in [1.54, 1.807) is 7.11 Å². The lowest BCUT2D eigenvalue weighted by Crippen LogP contribution is -2.49. The number of aromatic nitrogens is 2. The van der Waals surface area contributed by atoms with E-state index in [1.165, 1.54) is 0 Å². The molecule has 0 atom stereocenters. The Hall–Kier alpha value is -3.12. The Morgan fingerprint density at radius 3 is 2.35 bits per heavy atom. The van der Waals surface area contributed by atoms with Crippen LogP contribution in [-0.4, -0.2) is 54.3 Å². The van der Waals surface area contributed by atoms with Crippen LogP contribution >= 0.6 is 11.6 Å². The summed E-state index contributed by atoms with van der Waals surface area (Å²) in [5.74, 6) is 1.84. The van der Waals surface area contributed by atoms with Gasteiger partial charge in [-0.25, -0.2) is 0 Å². The van der Waals surface area contributed by atoms with Gasteiger partial charge in [-0.3, -0.25) is 4.79 Å². The van der Waals surface area contributed by atoms with Crippen molar-refractivity contribution >= 4 is 23.3 Å². The van der Waals surface area contributed by atoms with Crippen LogP contribution in [0, 0.1) is 0 Å². The number of aryl methyl sites for hydroxylation is 1. The average molecular weight is 437 g/mol. The van der Waals surface area contributed by atoms with E-state index < -0.39 is 0 Å². The third-order valence-electron chi connectivity index (χ3n) is 5.54. The highest BCUT2D eigenvalue weighted by atomic mass is 35.5. The molecule has 0 spiro atoms. The molecule has 2 aromatic carbocycles. The second kappa shape index (κ2) is 9.79. The minimum Gasteiger partial charge on any atom is -0.497 e. The fourth-order valence-corrected chi connectivity index (χ4v) is 3.93. The summed E-state index contributed by atoms with van der Waals surface area (Å²) in [6.07, 6.45) is 1.25. The van der Waals surface area contributed by atoms with Gasteiger partial charge >= 0.3 is 0 Å². The minimum atomic E-state index is 0.190. The molecule has 1 aromatic heterocycles. The SMILES string of the molecule is COc1ccc(CCC(=O)N2CCN(c3ccc(-c4ccccc4Cl)nn3)CC2)cc1. The first kappa shape index (κ1) is 21.1. The van der Waals surface area contributed by atoms with E-state index in [9.17, 15) is 4.79 Å². The second-order valence-electron chi connectivity index (χ2n) is 7.47. The van der Waals surface area contributed by atoms with Crippen LogP contribution in [0.4, 0.5) is 5.82 Å². The molecule has 1 fully saturated rings. The van der Waals surface area contributed by atoms with E-state index in [-0.39, 0.29) is 5.91 Å². The summed E-state index contributed by atoms with van der Waals surface area (Å²) in [7, 11) is 1.65. The monoisotopic (exact) mass is 436 g/mol. The lowest BCUT2D eigenvalue weighted by molar-refractivity contribution is -0.131. The second-order valence-corrected chi connectivity index (χ2v) is 7.88. The van der Waals surface area contributed by atoms with Gasteiger partial charge in [-0.05, 0) is 42.3 Å². The number of halogens is 1. The first-order valence-electron chi connectivity index (χ1n) is 10.4. The smallest absolute Gasteiger partial charge is 0.223 e. The normalized spacial score (nSPS) is 13.9. The number of amides is 1. The van der Waals surface area contributed by atoms with Crippen molar-refractivity contribution in [2.75, 3.05) is 38.2 Å². The van der Waals surface area contributed by atoms with Crippen molar-refractivity contribution in [1.82, 2.24) is 15.1 Å². The molecule has 31 heavy (non-hydrogen) atoms. The number of carbonyl (C=O) groups excluding carboxylic acids is 1. The quantitative estimate of drug-likeness (QED) is 0.582. The predicted molar refractivity (Wildman–Crippen MR) is 123 cm³/mol. The zero-order valence-electron chi connectivity index (χ0n) is 17.5. The zero-order valence-corrected chi connectivity index (χ0v) is 18.3. The lowest BCUT2D eigenvalue weighted by atomic mass is 10.1. The molecule has 6 nitrogen and oxygen atoms in total. The van der Waals surface area contributed by atoms with E-state index in [4.69, 9.17) is 16.3 Å². The van der Waals surface area contributed by atoms with Crippen LogP contribution in [0.25, 0.3) is 11.3 Å². The van der Waals surface area contributed by atoms with Crippen molar-refractivity contribution in [3.8, 4) is 17.0 Å². The highest BCUT2D eigenvalue weighted by molar-refractivity contribution is 6.33. The maximum Gasteiger partial charge on any atom is 0.223 e. The van der Waals surface area contributed by atoms with Gasteiger partial charge in [0.15, 0.2) is 5.82 Å². The standard InChI is InChI=1S/C24H25ClN4O2/c1-31-19-9-6-18(7-10-19)8-13-24(30)29-16-14-28(15-17-29)23-12-11-22(26-27-23)20-4-2-3-5-21(20)25/h2-7,9-12H,8,13-17H2,1H3. The Morgan fingerprint density at radius 1 is 0.968 bits per heavy atom. The van der Waals surface area contributed by atoms with Crippen LogP contribution in [0.2, 0.25) is 5.02 Å². The summed E-state index contributed by atoms with van der Waals surface area (Å²) < 4.78 is 5.18. The summed E-state index contributed by atoms with van der Waals surface area (Å²) in [4.78, 5) is 16.7. The van der Waals surface area contributed by atoms with E-state index in [0.717, 1.165) is 47.9 Å². The molecule has 4 rings (SSSR count). The molecule has 7 heteroatoms. The van der Waals surface area contributed by atoms with Gasteiger partial charge in [-0.15, -0.1) is 10.2 Å². The van der Waals surface area contributed by atoms with Crippen molar-refractivity contribution in [2.24, 2.45) is 0 Å². The number of carbonyl (C=O) groups is 1. The molecule has 0 bridgehead atoms. The molecule has 1 aliphatic rings. The Morgan fingerprint density at radius 2 is 1.71 bits per heavy atom. The van der Waals surface area contributed by atoms with E-state index in [2.05, 4.69) is 15.1 Å². The largest absolute Gasteiger partial charge is 0.497 e. The van der Waals surface area contributed by atoms with E-state index >= 15 is 0 Å². The number of anilines is 1. The number of piperazine rings is 1. The summed E-state index contributed by atoms with van der Waals surface area (Å²) in [5.41, 5.74) is 2.76. The van der Waals surface area contributed by atoms with Gasteiger partial charge < -0.3 is 14.5 Å². The summed E-state index contributed by atoms with van der Waals surface area (Å²) in [5, 5.41) is 9.39. The fourth-order valence-electron chi connectivity index (χ4n) is 3.69. The van der Waals surface area contributed by atoms with Gasteiger partial charge in [0.05, 0.1) is 17.8 Å². The maximum absolute atomic E-state index is 12.6. The Kier molecular flexibility index (Phi) is 6.67. The molecular formula is C24H25ClN4O2. The predicted octanol–water partition coefficient (Wildman–Crippen LogP) is 4.09. The molecule has 1 saturated heterocycles. The van der Waals surface area contributed by atoms with Crippen LogP contribution in [0.1, 0.15) is 12.0 Å². The summed E-state index contributed by atoms with van der Waals surface area (Å²) in [6.45, 7) is 2.87. The van der Waals surface area contributed by atoms with Crippen molar-refractivity contribution in [3.05, 3.63) is 71.2 Å². The van der Waals surface area contributed by atoms with Crippen molar-refractivity contribution in [2.45, 2.75) is 12.8 Å². The number of hydrogen-bond donors (Lipinski definition) is 0. The summed E-state index contributed by atoms with van der Waals surface area (Å²) in [6, 6.07) is 19.4. The number of rotatable bonds is 6. The molecule has 0 unspecified atom stereocenters. The Balaban J connectivity index is 1.29. The molecule has 0 N–H and O–H groups in total. The third kappa shape index (κ3) is 5.14. The average Bonchev–Trinajstić information content (AvgIpc) is 2.83. The van der Waals surface area contributed by atoms with Crippen LogP contribution in [0.15, 0.2) is 60.7 Å². The van der Waals surface area contributed by atoms with Gasteiger partial charge in [0.2, 0.25) is 5.91 Å². The molecule has 1 amide bonds. The number of ether oxygens (including phenoxy) is 1. The first-order chi connectivity index (χ1) is 15.1. The minimum absolute atomic E-state index is 0.190. The molecule has 2 heterocycles. The number of hydrogen-bond acceptors (Lipinski definition) is 5. The van der Waals surface area contributed by atoms with E-state index in [0.29, 0.717) is 24.5 Å². The third-order valence-corrected chi connectivity index (χ3v) is 5.87. The fraction of sp³-hybridized carbons (Fsp3) is 0.292. The van der Waals surface area contributed by atoms with Crippen LogP contribution in [-0.2, 0) is 11.2 Å². The highest BCUT2D eigenvalue weighted by Gasteiger charge is 2.22. The van der Waals surface area contributed by atoms with Gasteiger partial charge in [0, 0.05) is 38.2 Å². The Labute approximate surface area is 187 Å². The number of methoxy groups -OCH3 is 1. The molecule has 0 aliphatic carbocycles. The van der Waals surface area contributed by atoms with Gasteiger partial charge in [-0.2, -0.15) is 0 Å².